The number of carbonyl (C=O) groups is 1. The number of nitrogens with zero attached hydrogens (tertiary/aromatic N) is 1. The van der Waals surface area contributed by atoms with Crippen molar-refractivity contribution in [1.82, 2.24) is 0 Å². The highest BCUT2D eigenvalue weighted by atomic mass is 32.2. The number of non-ortho nitro benzene ring substituents is 1. The van der Waals surface area contributed by atoms with Gasteiger partial charge in [-0.15, -0.1) is 0 Å². The molecule has 0 saturated carbocycles. The molecule has 2 rings (SSSR count). The number of amides is 1. The van der Waals surface area contributed by atoms with E-state index in [1.54, 1.807) is 26.0 Å². The number of hydrogen-bond acceptors (Lipinski definition) is 5. The predicted molar refractivity (Wildman–Crippen MR) is 94.1 cm³/mol. The van der Waals surface area contributed by atoms with Crippen LogP contribution in [0.3, 0.4) is 0 Å². The third-order valence-electron chi connectivity index (χ3n) is 3.54. The Morgan fingerprint density at radius 2 is 1.76 bits per heavy atom. The standard InChI is InChI=1S/C16H17N3O5S/c1-10-7-15(19(21)22)9-16(11(10)2)25(23,24)18-14-6-4-5-13(8-14)17-12(3)20/h4-9,18H,1-3H3,(H,17,20). The van der Waals surface area contributed by atoms with Gasteiger partial charge in [-0.05, 0) is 43.2 Å². The van der Waals surface area contributed by atoms with Crippen LogP contribution in [-0.4, -0.2) is 19.2 Å². The van der Waals surface area contributed by atoms with Crippen molar-refractivity contribution in [3.05, 3.63) is 57.6 Å². The topological polar surface area (TPSA) is 118 Å². The molecule has 0 unspecified atom stereocenters. The number of hydrogen-bond donors (Lipinski definition) is 2. The Kier molecular flexibility index (Phi) is 5.07. The molecule has 8 nitrogen and oxygen atoms in total. The van der Waals surface area contributed by atoms with Crippen molar-refractivity contribution in [2.24, 2.45) is 0 Å². The molecular formula is C16H17N3O5S. The number of carbonyl (C=O) groups excluding carboxylic acids is 1. The molecule has 2 aromatic rings. The van der Waals surface area contributed by atoms with Crippen LogP contribution < -0.4 is 10.0 Å². The lowest BCUT2D eigenvalue weighted by atomic mass is 10.1. The van der Waals surface area contributed by atoms with E-state index >= 15 is 0 Å². The largest absolute Gasteiger partial charge is 0.326 e. The average Bonchev–Trinajstić information content (AvgIpc) is 2.48. The molecule has 0 aliphatic rings. The minimum absolute atomic E-state index is 0.163. The number of aryl methyl sites for hydroxylation is 1. The third-order valence-corrected chi connectivity index (χ3v) is 5.05. The monoisotopic (exact) mass is 363 g/mol. The molecule has 25 heavy (non-hydrogen) atoms. The summed E-state index contributed by atoms with van der Waals surface area (Å²) in [6, 6.07) is 8.52. The Bertz CT molecular complexity index is 954. The SMILES string of the molecule is CC(=O)Nc1cccc(NS(=O)(=O)c2cc([N+](=O)[O-])cc(C)c2C)c1. The number of nitro groups is 1. The van der Waals surface area contributed by atoms with Gasteiger partial charge in [-0.2, -0.15) is 0 Å². The summed E-state index contributed by atoms with van der Waals surface area (Å²) in [6.07, 6.45) is 0. The first-order chi connectivity index (χ1) is 11.6. The minimum Gasteiger partial charge on any atom is -0.326 e. The average molecular weight is 363 g/mol. The summed E-state index contributed by atoms with van der Waals surface area (Å²) in [5.74, 6) is -0.287. The zero-order valence-electron chi connectivity index (χ0n) is 13.9. The van der Waals surface area contributed by atoms with E-state index in [4.69, 9.17) is 0 Å². The van der Waals surface area contributed by atoms with E-state index in [0.29, 0.717) is 16.8 Å². The Morgan fingerprint density at radius 1 is 1.12 bits per heavy atom. The fourth-order valence-electron chi connectivity index (χ4n) is 2.27. The van der Waals surface area contributed by atoms with E-state index < -0.39 is 14.9 Å². The van der Waals surface area contributed by atoms with Gasteiger partial charge in [0.2, 0.25) is 5.91 Å². The van der Waals surface area contributed by atoms with Crippen LogP contribution in [0.5, 0.6) is 0 Å². The second-order valence-electron chi connectivity index (χ2n) is 5.51. The number of nitrogens with one attached hydrogen (secondary N) is 2. The van der Waals surface area contributed by atoms with Crippen LogP contribution in [0.25, 0.3) is 0 Å². The van der Waals surface area contributed by atoms with Gasteiger partial charge >= 0.3 is 0 Å². The van der Waals surface area contributed by atoms with Crippen LogP contribution in [-0.2, 0) is 14.8 Å². The maximum absolute atomic E-state index is 12.7. The normalized spacial score (nSPS) is 11.0. The number of sulfonamides is 1. The summed E-state index contributed by atoms with van der Waals surface area (Å²) in [5.41, 5.74) is 1.29. The summed E-state index contributed by atoms with van der Waals surface area (Å²) < 4.78 is 27.7. The maximum atomic E-state index is 12.7. The first-order valence-corrected chi connectivity index (χ1v) is 8.74. The van der Waals surface area contributed by atoms with Crippen LogP contribution in [0.15, 0.2) is 41.3 Å². The fraction of sp³-hybridized carbons (Fsp3) is 0.188. The molecule has 0 spiro atoms. The highest BCUT2D eigenvalue weighted by Gasteiger charge is 2.22. The molecule has 0 aromatic heterocycles. The van der Waals surface area contributed by atoms with Crippen molar-refractivity contribution < 1.29 is 18.1 Å². The smallest absolute Gasteiger partial charge is 0.271 e. The number of nitro benzene ring substituents is 1. The zero-order chi connectivity index (χ0) is 18.8. The predicted octanol–water partition coefficient (Wildman–Crippen LogP) is 2.97. The molecule has 0 radical (unpaired) electrons. The van der Waals surface area contributed by atoms with Crippen molar-refractivity contribution in [1.29, 1.82) is 0 Å². The van der Waals surface area contributed by atoms with E-state index in [9.17, 15) is 23.3 Å². The van der Waals surface area contributed by atoms with E-state index in [0.717, 1.165) is 6.07 Å². The van der Waals surface area contributed by atoms with Gasteiger partial charge in [0.1, 0.15) is 0 Å². The Labute approximate surface area is 145 Å². The van der Waals surface area contributed by atoms with Crippen LogP contribution in [0.2, 0.25) is 0 Å². The first-order valence-electron chi connectivity index (χ1n) is 7.26. The molecule has 0 aliphatic heterocycles. The molecule has 0 atom stereocenters. The van der Waals surface area contributed by atoms with Gasteiger partial charge in [-0.1, -0.05) is 6.07 Å². The van der Waals surface area contributed by atoms with E-state index in [1.165, 1.54) is 25.1 Å². The van der Waals surface area contributed by atoms with Gasteiger partial charge < -0.3 is 5.32 Å². The molecule has 0 fully saturated rings. The number of anilines is 2. The molecule has 132 valence electrons. The molecule has 0 aliphatic carbocycles. The van der Waals surface area contributed by atoms with Gasteiger partial charge in [0, 0.05) is 24.7 Å². The Hall–Kier alpha value is -2.94. The highest BCUT2D eigenvalue weighted by Crippen LogP contribution is 2.27. The fourth-order valence-corrected chi connectivity index (χ4v) is 3.65. The van der Waals surface area contributed by atoms with Crippen LogP contribution in [0.1, 0.15) is 18.1 Å². The van der Waals surface area contributed by atoms with Crippen molar-refractivity contribution in [2.45, 2.75) is 25.7 Å². The van der Waals surface area contributed by atoms with Gasteiger partial charge in [-0.25, -0.2) is 8.42 Å². The quantitative estimate of drug-likeness (QED) is 0.625. The Morgan fingerprint density at radius 3 is 2.36 bits per heavy atom. The molecular weight excluding hydrogens is 346 g/mol. The van der Waals surface area contributed by atoms with Gasteiger partial charge in [0.25, 0.3) is 15.7 Å². The van der Waals surface area contributed by atoms with Crippen molar-refractivity contribution in [2.75, 3.05) is 10.0 Å². The molecule has 0 saturated heterocycles. The number of benzene rings is 2. The van der Waals surface area contributed by atoms with Gasteiger partial charge in [0.15, 0.2) is 0 Å². The molecule has 0 heterocycles. The zero-order valence-corrected chi connectivity index (χ0v) is 14.7. The van der Waals surface area contributed by atoms with Crippen LogP contribution >= 0.6 is 0 Å². The lowest BCUT2D eigenvalue weighted by molar-refractivity contribution is -0.385. The molecule has 0 bridgehead atoms. The third kappa shape index (κ3) is 4.32. The summed E-state index contributed by atoms with van der Waals surface area (Å²) in [6.45, 7) is 4.53. The summed E-state index contributed by atoms with van der Waals surface area (Å²) >= 11 is 0. The van der Waals surface area contributed by atoms with Crippen molar-refractivity contribution in [3.63, 3.8) is 0 Å². The summed E-state index contributed by atoms with van der Waals surface area (Å²) in [4.78, 5) is 21.3. The molecule has 9 heteroatoms. The van der Waals surface area contributed by atoms with Crippen molar-refractivity contribution in [3.8, 4) is 0 Å². The first kappa shape index (κ1) is 18.4. The van der Waals surface area contributed by atoms with E-state index in [-0.39, 0.29) is 22.2 Å². The number of rotatable bonds is 5. The lowest BCUT2D eigenvalue weighted by Crippen LogP contribution is -2.15. The van der Waals surface area contributed by atoms with Crippen molar-refractivity contribution >= 4 is 33.0 Å². The maximum Gasteiger partial charge on any atom is 0.271 e. The Balaban J connectivity index is 2.43. The second kappa shape index (κ2) is 6.89. The van der Waals surface area contributed by atoms with Gasteiger partial charge in [0.05, 0.1) is 15.5 Å². The van der Waals surface area contributed by atoms with E-state index in [1.807, 2.05) is 0 Å². The second-order valence-corrected chi connectivity index (χ2v) is 7.16. The minimum atomic E-state index is -4.03. The summed E-state index contributed by atoms with van der Waals surface area (Å²) in [7, 11) is -4.03. The van der Waals surface area contributed by atoms with E-state index in [2.05, 4.69) is 10.0 Å². The summed E-state index contributed by atoms with van der Waals surface area (Å²) in [5, 5.41) is 13.6. The molecule has 2 aromatic carbocycles. The molecule has 1 amide bonds. The highest BCUT2D eigenvalue weighted by molar-refractivity contribution is 7.92. The van der Waals surface area contributed by atoms with Gasteiger partial charge in [-0.3, -0.25) is 19.6 Å². The lowest BCUT2D eigenvalue weighted by Gasteiger charge is -2.13. The molecule has 2 N–H and O–H groups in total. The van der Waals surface area contributed by atoms with Crippen LogP contribution in [0.4, 0.5) is 17.1 Å². The van der Waals surface area contributed by atoms with Crippen LogP contribution in [0, 0.1) is 24.0 Å².